The maximum Gasteiger partial charge on any atom is 0.191 e. The third-order valence-corrected chi connectivity index (χ3v) is 3.83. The van der Waals surface area contributed by atoms with E-state index in [2.05, 4.69) is 40.1 Å². The summed E-state index contributed by atoms with van der Waals surface area (Å²) < 4.78 is 5.35. The quantitative estimate of drug-likeness (QED) is 0.417. The molecule has 0 aliphatic heterocycles. The van der Waals surface area contributed by atoms with E-state index in [1.54, 1.807) is 18.4 Å². The topological polar surface area (TPSA) is 45.7 Å². The zero-order valence-corrected chi connectivity index (χ0v) is 16.0. The second kappa shape index (κ2) is 10.4. The van der Waals surface area contributed by atoms with Gasteiger partial charge in [-0.15, -0.1) is 35.3 Å². The number of hydrogen-bond acceptors (Lipinski definition) is 3. The van der Waals surface area contributed by atoms with Crippen LogP contribution in [0.5, 0.6) is 5.75 Å². The molecule has 0 fully saturated rings. The molecule has 2 aromatic rings. The number of hydrogen-bond donors (Lipinski definition) is 2. The highest BCUT2D eigenvalue weighted by atomic mass is 127. The molecule has 0 radical (unpaired) electrons. The number of benzene rings is 1. The number of guanidine groups is 1. The molecule has 0 saturated carbocycles. The van der Waals surface area contributed by atoms with Gasteiger partial charge in [0.05, 0.1) is 20.2 Å². The smallest absolute Gasteiger partial charge is 0.191 e. The Bertz CT molecular complexity index is 573. The standard InChI is InChI=1S/C16H21N3OS.HI/c1-3-17-16(19-12-14-8-6-10-21-14)18-11-13-7-4-5-9-15(13)20-2;/h4-10H,3,11-12H2,1-2H3,(H2,17,18,19);1H. The number of para-hydroxylation sites is 1. The van der Waals surface area contributed by atoms with Crippen molar-refractivity contribution in [2.75, 3.05) is 13.7 Å². The number of rotatable bonds is 6. The summed E-state index contributed by atoms with van der Waals surface area (Å²) >= 11 is 1.74. The molecule has 0 atom stereocenters. The first-order valence-electron chi connectivity index (χ1n) is 7.00. The van der Waals surface area contributed by atoms with E-state index in [0.717, 1.165) is 30.4 Å². The molecule has 1 aromatic carbocycles. The number of ether oxygens (including phenoxy) is 1. The molecule has 0 aliphatic carbocycles. The number of halogens is 1. The van der Waals surface area contributed by atoms with Crippen LogP contribution in [-0.4, -0.2) is 19.6 Å². The van der Waals surface area contributed by atoms with Gasteiger partial charge < -0.3 is 15.4 Å². The van der Waals surface area contributed by atoms with Gasteiger partial charge in [0.25, 0.3) is 0 Å². The molecular weight excluding hydrogens is 409 g/mol. The van der Waals surface area contributed by atoms with E-state index < -0.39 is 0 Å². The summed E-state index contributed by atoms with van der Waals surface area (Å²) in [4.78, 5) is 5.90. The molecule has 2 rings (SSSR count). The van der Waals surface area contributed by atoms with Gasteiger partial charge in [0.1, 0.15) is 5.75 Å². The minimum absolute atomic E-state index is 0. The molecule has 2 N–H and O–H groups in total. The molecule has 6 heteroatoms. The Labute approximate surface area is 153 Å². The lowest BCUT2D eigenvalue weighted by Crippen LogP contribution is -2.36. The third-order valence-electron chi connectivity index (χ3n) is 2.95. The first-order valence-corrected chi connectivity index (χ1v) is 7.88. The summed E-state index contributed by atoms with van der Waals surface area (Å²) in [6, 6.07) is 12.1. The number of methoxy groups -OCH3 is 1. The van der Waals surface area contributed by atoms with Crippen LogP contribution in [0.2, 0.25) is 0 Å². The number of thiophene rings is 1. The largest absolute Gasteiger partial charge is 0.496 e. The zero-order valence-electron chi connectivity index (χ0n) is 12.8. The van der Waals surface area contributed by atoms with Gasteiger partial charge in [0.15, 0.2) is 5.96 Å². The van der Waals surface area contributed by atoms with Gasteiger partial charge in [-0.25, -0.2) is 4.99 Å². The number of nitrogens with one attached hydrogen (secondary N) is 2. The number of aliphatic imine (C=N–C) groups is 1. The summed E-state index contributed by atoms with van der Waals surface area (Å²) in [5, 5.41) is 8.67. The summed E-state index contributed by atoms with van der Waals surface area (Å²) in [6.45, 7) is 4.27. The molecule has 0 unspecified atom stereocenters. The van der Waals surface area contributed by atoms with Gasteiger partial charge in [0.2, 0.25) is 0 Å². The zero-order chi connectivity index (χ0) is 14.9. The second-order valence-corrected chi connectivity index (χ2v) is 5.47. The molecule has 1 aromatic heterocycles. The average molecular weight is 431 g/mol. The Kier molecular flexibility index (Phi) is 8.91. The van der Waals surface area contributed by atoms with Gasteiger partial charge in [-0.3, -0.25) is 0 Å². The van der Waals surface area contributed by atoms with Crippen molar-refractivity contribution >= 4 is 41.3 Å². The lowest BCUT2D eigenvalue weighted by atomic mass is 10.2. The van der Waals surface area contributed by atoms with Crippen LogP contribution in [0.25, 0.3) is 0 Å². The average Bonchev–Trinajstić information content (AvgIpc) is 3.03. The lowest BCUT2D eigenvalue weighted by molar-refractivity contribution is 0.410. The molecule has 0 amide bonds. The highest BCUT2D eigenvalue weighted by molar-refractivity contribution is 14.0. The molecule has 120 valence electrons. The van der Waals surface area contributed by atoms with Crippen LogP contribution in [0.1, 0.15) is 17.4 Å². The molecular formula is C16H22IN3OS. The summed E-state index contributed by atoms with van der Waals surface area (Å²) in [6.07, 6.45) is 0. The highest BCUT2D eigenvalue weighted by Gasteiger charge is 2.02. The van der Waals surface area contributed by atoms with Crippen molar-refractivity contribution < 1.29 is 4.74 Å². The first kappa shape index (κ1) is 18.8. The van der Waals surface area contributed by atoms with E-state index in [-0.39, 0.29) is 24.0 Å². The Balaban J connectivity index is 0.00000242. The fourth-order valence-electron chi connectivity index (χ4n) is 1.92. The summed E-state index contributed by atoms with van der Waals surface area (Å²) in [5.74, 6) is 1.69. The maximum atomic E-state index is 5.35. The minimum atomic E-state index is 0. The van der Waals surface area contributed by atoms with Crippen molar-refractivity contribution in [1.29, 1.82) is 0 Å². The van der Waals surface area contributed by atoms with Crippen molar-refractivity contribution in [3.05, 3.63) is 52.2 Å². The molecule has 1 heterocycles. The molecule has 0 aliphatic rings. The van der Waals surface area contributed by atoms with Crippen LogP contribution in [-0.2, 0) is 13.1 Å². The first-order chi connectivity index (χ1) is 10.3. The lowest BCUT2D eigenvalue weighted by Gasteiger charge is -2.11. The third kappa shape index (κ3) is 5.84. The van der Waals surface area contributed by atoms with Crippen molar-refractivity contribution in [2.45, 2.75) is 20.0 Å². The monoisotopic (exact) mass is 431 g/mol. The Hall–Kier alpha value is -1.28. The fraction of sp³-hybridized carbons (Fsp3) is 0.312. The van der Waals surface area contributed by atoms with Gasteiger partial charge >= 0.3 is 0 Å². The second-order valence-electron chi connectivity index (χ2n) is 4.44. The van der Waals surface area contributed by atoms with Crippen LogP contribution in [0.3, 0.4) is 0 Å². The van der Waals surface area contributed by atoms with E-state index in [1.165, 1.54) is 4.88 Å². The van der Waals surface area contributed by atoms with Gasteiger partial charge in [0, 0.05) is 17.0 Å². The summed E-state index contributed by atoms with van der Waals surface area (Å²) in [7, 11) is 1.68. The van der Waals surface area contributed by atoms with Crippen LogP contribution in [0.4, 0.5) is 0 Å². The summed E-state index contributed by atoms with van der Waals surface area (Å²) in [5.41, 5.74) is 1.08. The van der Waals surface area contributed by atoms with Crippen LogP contribution >= 0.6 is 35.3 Å². The van der Waals surface area contributed by atoms with Crippen molar-refractivity contribution in [3.63, 3.8) is 0 Å². The predicted molar refractivity (Wildman–Crippen MR) is 104 cm³/mol. The van der Waals surface area contributed by atoms with Crippen molar-refractivity contribution in [2.24, 2.45) is 4.99 Å². The fourth-order valence-corrected chi connectivity index (χ4v) is 2.57. The van der Waals surface area contributed by atoms with Crippen LogP contribution < -0.4 is 15.4 Å². The Morgan fingerprint density at radius 2 is 2.00 bits per heavy atom. The van der Waals surface area contributed by atoms with E-state index in [9.17, 15) is 0 Å². The minimum Gasteiger partial charge on any atom is -0.496 e. The van der Waals surface area contributed by atoms with Crippen molar-refractivity contribution in [3.8, 4) is 5.75 Å². The molecule has 0 spiro atoms. The van der Waals surface area contributed by atoms with Gasteiger partial charge in [-0.1, -0.05) is 24.3 Å². The SMILES string of the molecule is CCNC(=NCc1ccccc1OC)NCc1cccs1.I. The molecule has 0 bridgehead atoms. The van der Waals surface area contributed by atoms with Gasteiger partial charge in [-0.2, -0.15) is 0 Å². The molecule has 0 saturated heterocycles. The highest BCUT2D eigenvalue weighted by Crippen LogP contribution is 2.17. The van der Waals surface area contributed by atoms with E-state index in [0.29, 0.717) is 6.54 Å². The normalized spacial score (nSPS) is 10.7. The molecule has 22 heavy (non-hydrogen) atoms. The van der Waals surface area contributed by atoms with E-state index >= 15 is 0 Å². The Morgan fingerprint density at radius 3 is 2.68 bits per heavy atom. The van der Waals surface area contributed by atoms with E-state index in [4.69, 9.17) is 4.74 Å². The van der Waals surface area contributed by atoms with E-state index in [1.807, 2.05) is 24.3 Å². The van der Waals surface area contributed by atoms with Crippen LogP contribution in [0, 0.1) is 0 Å². The maximum absolute atomic E-state index is 5.35. The predicted octanol–water partition coefficient (Wildman–Crippen LogP) is 3.63. The van der Waals surface area contributed by atoms with Crippen molar-refractivity contribution in [1.82, 2.24) is 10.6 Å². The Morgan fingerprint density at radius 1 is 1.18 bits per heavy atom. The van der Waals surface area contributed by atoms with Crippen LogP contribution in [0.15, 0.2) is 46.8 Å². The number of nitrogens with zero attached hydrogens (tertiary/aromatic N) is 1. The molecule has 4 nitrogen and oxygen atoms in total. The van der Waals surface area contributed by atoms with Gasteiger partial charge in [-0.05, 0) is 24.4 Å².